The highest BCUT2D eigenvalue weighted by Crippen LogP contribution is 2.32. The number of aromatic nitrogens is 3. The van der Waals surface area contributed by atoms with Gasteiger partial charge in [0.2, 0.25) is 10.1 Å². The number of likely N-dealkylation sites (N-methyl/N-ethyl adjacent to an activating group) is 1. The molecule has 8 heteroatoms. The van der Waals surface area contributed by atoms with Gasteiger partial charge in [0.1, 0.15) is 0 Å². The zero-order chi connectivity index (χ0) is 22.2. The fraction of sp³-hybridized carbons (Fsp3) is 0.583. The molecule has 0 unspecified atom stereocenters. The van der Waals surface area contributed by atoms with Crippen molar-refractivity contribution in [1.82, 2.24) is 24.4 Å². The summed E-state index contributed by atoms with van der Waals surface area (Å²) in [5.74, 6) is 0.817. The lowest BCUT2D eigenvalue weighted by Crippen LogP contribution is -2.47. The van der Waals surface area contributed by atoms with Crippen LogP contribution >= 0.6 is 11.3 Å². The van der Waals surface area contributed by atoms with Gasteiger partial charge in [-0.05, 0) is 44.9 Å². The highest BCUT2D eigenvalue weighted by atomic mass is 32.1. The Labute approximate surface area is 195 Å². The average Bonchev–Trinajstić information content (AvgIpc) is 3.35. The second-order valence-corrected chi connectivity index (χ2v) is 10.5. The number of aryl methyl sites for hydroxylation is 1. The van der Waals surface area contributed by atoms with E-state index in [0.29, 0.717) is 0 Å². The zero-order valence-corrected chi connectivity index (χ0v) is 20.6. The summed E-state index contributed by atoms with van der Waals surface area (Å²) in [7, 11) is 6.35. The number of benzene rings is 1. The minimum atomic E-state index is 0.817. The van der Waals surface area contributed by atoms with E-state index in [4.69, 9.17) is 10.1 Å². The van der Waals surface area contributed by atoms with Gasteiger partial charge in [0.15, 0.2) is 0 Å². The predicted molar refractivity (Wildman–Crippen MR) is 134 cm³/mol. The summed E-state index contributed by atoms with van der Waals surface area (Å²) in [4.78, 5) is 15.6. The second kappa shape index (κ2) is 9.00. The Morgan fingerprint density at radius 2 is 1.69 bits per heavy atom. The molecule has 2 aliphatic heterocycles. The lowest BCUT2D eigenvalue weighted by Gasteiger charge is -2.37. The molecule has 172 valence electrons. The maximum Gasteiger partial charge on any atom is 0.214 e. The molecular formula is C24H35N7S. The van der Waals surface area contributed by atoms with Crippen LogP contribution in [0.3, 0.4) is 0 Å². The van der Waals surface area contributed by atoms with Crippen LogP contribution in [0.5, 0.6) is 0 Å². The van der Waals surface area contributed by atoms with E-state index in [0.717, 1.165) is 46.1 Å². The quantitative estimate of drug-likeness (QED) is 0.591. The third-order valence-electron chi connectivity index (χ3n) is 7.07. The first-order chi connectivity index (χ1) is 15.5. The van der Waals surface area contributed by atoms with Gasteiger partial charge in [-0.25, -0.2) is 9.50 Å². The van der Waals surface area contributed by atoms with Crippen molar-refractivity contribution < 1.29 is 0 Å². The van der Waals surface area contributed by atoms with Crippen molar-refractivity contribution >= 4 is 27.1 Å². The summed E-state index contributed by atoms with van der Waals surface area (Å²) in [5.41, 5.74) is 4.50. The number of anilines is 2. The van der Waals surface area contributed by atoms with Crippen molar-refractivity contribution in [3.8, 4) is 11.3 Å². The van der Waals surface area contributed by atoms with E-state index in [1.165, 1.54) is 51.3 Å². The Hall–Kier alpha value is -2.16. The van der Waals surface area contributed by atoms with Crippen molar-refractivity contribution in [3.63, 3.8) is 0 Å². The van der Waals surface area contributed by atoms with Crippen molar-refractivity contribution in [2.45, 2.75) is 19.8 Å². The van der Waals surface area contributed by atoms with Gasteiger partial charge in [-0.15, -0.1) is 5.10 Å². The minimum Gasteiger partial charge on any atom is -0.378 e. The summed E-state index contributed by atoms with van der Waals surface area (Å²) in [6, 6.07) is 8.60. The molecule has 7 nitrogen and oxygen atoms in total. The molecule has 0 saturated carbocycles. The number of imidazole rings is 1. The Balaban J connectivity index is 1.23. The predicted octanol–water partition coefficient (Wildman–Crippen LogP) is 3.30. The van der Waals surface area contributed by atoms with E-state index in [-0.39, 0.29) is 0 Å². The van der Waals surface area contributed by atoms with Crippen LogP contribution in [-0.2, 0) is 0 Å². The number of hydrogen-bond acceptors (Lipinski definition) is 7. The van der Waals surface area contributed by atoms with E-state index in [9.17, 15) is 0 Å². The number of nitrogens with zero attached hydrogens (tertiary/aromatic N) is 7. The SMILES string of the molecule is Cc1c(-c2ccc(N(C)C)cc2)nc2sc(N3CCC(CN4CCN(C)CC4)CC3)nn12. The van der Waals surface area contributed by atoms with Gasteiger partial charge in [-0.1, -0.05) is 23.5 Å². The Bertz CT molecular complexity index is 1040. The molecule has 0 N–H and O–H groups in total. The molecule has 3 aromatic rings. The molecule has 0 radical (unpaired) electrons. The first-order valence-corrected chi connectivity index (χ1v) is 12.6. The van der Waals surface area contributed by atoms with Crippen LogP contribution in [0.25, 0.3) is 16.2 Å². The molecule has 2 fully saturated rings. The molecule has 4 heterocycles. The maximum atomic E-state index is 4.95. The molecule has 1 aromatic carbocycles. The Morgan fingerprint density at radius 3 is 2.31 bits per heavy atom. The van der Waals surface area contributed by atoms with Crippen molar-refractivity contribution in [2.24, 2.45) is 5.92 Å². The molecule has 2 aromatic heterocycles. The van der Waals surface area contributed by atoms with Crippen LogP contribution in [0.1, 0.15) is 18.5 Å². The first kappa shape index (κ1) is 21.7. The van der Waals surface area contributed by atoms with E-state index >= 15 is 0 Å². The van der Waals surface area contributed by atoms with Crippen LogP contribution in [0.15, 0.2) is 24.3 Å². The summed E-state index contributed by atoms with van der Waals surface area (Å²) < 4.78 is 2.03. The molecule has 2 saturated heterocycles. The molecule has 2 aliphatic rings. The summed E-state index contributed by atoms with van der Waals surface area (Å²) in [5, 5.41) is 6.07. The van der Waals surface area contributed by atoms with Crippen LogP contribution in [0, 0.1) is 12.8 Å². The van der Waals surface area contributed by atoms with Crippen LogP contribution in [-0.4, -0.2) is 91.4 Å². The van der Waals surface area contributed by atoms with Crippen molar-refractivity contribution in [1.29, 1.82) is 0 Å². The van der Waals surface area contributed by atoms with Gasteiger partial charge in [-0.3, -0.25) is 0 Å². The number of piperazine rings is 1. The molecular weight excluding hydrogens is 418 g/mol. The van der Waals surface area contributed by atoms with Gasteiger partial charge in [0.25, 0.3) is 0 Å². The smallest absolute Gasteiger partial charge is 0.214 e. The lowest BCUT2D eigenvalue weighted by atomic mass is 9.96. The van der Waals surface area contributed by atoms with E-state index in [1.807, 2.05) is 4.52 Å². The van der Waals surface area contributed by atoms with Crippen LogP contribution in [0.4, 0.5) is 10.8 Å². The fourth-order valence-corrected chi connectivity index (χ4v) is 5.86. The standard InChI is InChI=1S/C24H35N7S/c1-18-22(20-5-7-21(8-6-20)27(2)3)25-23-31(18)26-24(32-23)30-11-9-19(10-12-30)17-29-15-13-28(4)14-16-29/h5-8,19H,9-17H2,1-4H3. The number of fused-ring (bicyclic) bond motifs is 1. The molecule has 0 spiro atoms. The number of piperidine rings is 1. The normalized spacial score (nSPS) is 19.2. The maximum absolute atomic E-state index is 4.95. The molecule has 5 rings (SSSR count). The van der Waals surface area contributed by atoms with Crippen LogP contribution in [0.2, 0.25) is 0 Å². The van der Waals surface area contributed by atoms with Gasteiger partial charge >= 0.3 is 0 Å². The molecule has 0 aliphatic carbocycles. The summed E-state index contributed by atoms with van der Waals surface area (Å²) in [6.45, 7) is 10.5. The van der Waals surface area contributed by atoms with E-state index < -0.39 is 0 Å². The highest BCUT2D eigenvalue weighted by molar-refractivity contribution is 7.20. The van der Waals surface area contributed by atoms with E-state index in [1.54, 1.807) is 11.3 Å². The van der Waals surface area contributed by atoms with Crippen LogP contribution < -0.4 is 9.80 Å². The van der Waals surface area contributed by atoms with Crippen molar-refractivity contribution in [2.75, 3.05) is 76.8 Å². The van der Waals surface area contributed by atoms with Gasteiger partial charge in [-0.2, -0.15) is 0 Å². The zero-order valence-electron chi connectivity index (χ0n) is 19.8. The van der Waals surface area contributed by atoms with E-state index in [2.05, 4.69) is 71.9 Å². The summed E-state index contributed by atoms with van der Waals surface area (Å²) >= 11 is 1.72. The van der Waals surface area contributed by atoms with Crippen molar-refractivity contribution in [3.05, 3.63) is 30.0 Å². The third-order valence-corrected chi connectivity index (χ3v) is 8.04. The molecule has 0 atom stereocenters. The van der Waals surface area contributed by atoms with Gasteiger partial charge < -0.3 is 19.6 Å². The largest absolute Gasteiger partial charge is 0.378 e. The molecule has 0 bridgehead atoms. The Kier molecular flexibility index (Phi) is 6.09. The second-order valence-electron chi connectivity index (χ2n) is 9.60. The van der Waals surface area contributed by atoms with Gasteiger partial charge in [0, 0.05) is 71.2 Å². The lowest BCUT2D eigenvalue weighted by molar-refractivity contribution is 0.129. The minimum absolute atomic E-state index is 0.817. The Morgan fingerprint density at radius 1 is 1.00 bits per heavy atom. The monoisotopic (exact) mass is 453 g/mol. The third kappa shape index (κ3) is 4.36. The fourth-order valence-electron chi connectivity index (χ4n) is 4.86. The topological polar surface area (TPSA) is 43.2 Å². The number of hydrogen-bond donors (Lipinski definition) is 0. The molecule has 0 amide bonds. The summed E-state index contributed by atoms with van der Waals surface area (Å²) in [6.07, 6.45) is 2.52. The number of rotatable bonds is 5. The van der Waals surface area contributed by atoms with Gasteiger partial charge in [0.05, 0.1) is 11.4 Å². The molecule has 32 heavy (non-hydrogen) atoms. The highest BCUT2D eigenvalue weighted by Gasteiger charge is 2.25. The first-order valence-electron chi connectivity index (χ1n) is 11.8. The average molecular weight is 454 g/mol.